The van der Waals surface area contributed by atoms with E-state index in [9.17, 15) is 19.8 Å². The average Bonchev–Trinajstić information content (AvgIpc) is 3.51. The fraction of sp³-hybridized carbons (Fsp3) is 0.179. The SMILES string of the molecule is Cc1nn(-c2ccccc2C(=O)O)c2c1C(c1cccc(O)c1)C1=C(CC(c3cccs3)CC1=O)N2. The Labute approximate surface area is 211 Å². The molecule has 8 heteroatoms. The van der Waals surface area contributed by atoms with Crippen molar-refractivity contribution in [3.8, 4) is 11.4 Å². The van der Waals surface area contributed by atoms with Crippen LogP contribution in [0.4, 0.5) is 5.82 Å². The highest BCUT2D eigenvalue weighted by atomic mass is 32.1. The molecular weight excluding hydrogens is 474 g/mol. The molecule has 3 heterocycles. The number of ketones is 1. The number of aromatic hydroxyl groups is 1. The summed E-state index contributed by atoms with van der Waals surface area (Å²) in [6.07, 6.45) is 1.07. The van der Waals surface area contributed by atoms with Crippen molar-refractivity contribution in [1.29, 1.82) is 0 Å². The van der Waals surface area contributed by atoms with E-state index in [1.807, 2.05) is 24.4 Å². The minimum atomic E-state index is -1.04. The van der Waals surface area contributed by atoms with Crippen LogP contribution in [0.1, 0.15) is 56.7 Å². The number of aryl methyl sites for hydroxylation is 1. The number of para-hydroxylation sites is 1. The summed E-state index contributed by atoms with van der Waals surface area (Å²) in [5, 5.41) is 30.4. The lowest BCUT2D eigenvalue weighted by Gasteiger charge is -2.35. The number of hydrogen-bond donors (Lipinski definition) is 3. The maximum atomic E-state index is 13.7. The third kappa shape index (κ3) is 3.53. The van der Waals surface area contributed by atoms with Crippen molar-refractivity contribution in [2.75, 3.05) is 5.32 Å². The molecule has 2 aromatic carbocycles. The van der Waals surface area contributed by atoms with Crippen LogP contribution >= 0.6 is 11.3 Å². The van der Waals surface area contributed by atoms with Gasteiger partial charge in [-0.2, -0.15) is 5.10 Å². The van der Waals surface area contributed by atoms with E-state index in [-0.39, 0.29) is 23.0 Å². The third-order valence-corrected chi connectivity index (χ3v) is 8.01. The fourth-order valence-corrected chi connectivity index (χ4v) is 6.28. The Kier molecular flexibility index (Phi) is 5.26. The Morgan fingerprint density at radius 1 is 1.11 bits per heavy atom. The number of thiophene rings is 1. The number of allylic oxidation sites excluding steroid dienone is 2. The molecule has 2 aliphatic rings. The smallest absolute Gasteiger partial charge is 0.337 e. The number of carboxylic acids is 1. The summed E-state index contributed by atoms with van der Waals surface area (Å²) in [5.74, 6) is -0.564. The molecule has 0 saturated carbocycles. The van der Waals surface area contributed by atoms with Gasteiger partial charge < -0.3 is 15.5 Å². The predicted molar refractivity (Wildman–Crippen MR) is 137 cm³/mol. The van der Waals surface area contributed by atoms with Crippen molar-refractivity contribution in [2.24, 2.45) is 0 Å². The molecule has 2 atom stereocenters. The number of nitrogens with one attached hydrogen (secondary N) is 1. The van der Waals surface area contributed by atoms with Gasteiger partial charge in [-0.25, -0.2) is 9.48 Å². The van der Waals surface area contributed by atoms with Crippen LogP contribution in [0.5, 0.6) is 5.75 Å². The number of Topliss-reactive ketones (excluding diaryl/α,β-unsaturated/α-hetero) is 1. The molecule has 2 aromatic heterocycles. The maximum Gasteiger partial charge on any atom is 0.337 e. The highest BCUT2D eigenvalue weighted by Crippen LogP contribution is 2.50. The first-order chi connectivity index (χ1) is 17.4. The number of anilines is 1. The number of aromatic carboxylic acids is 1. The van der Waals surface area contributed by atoms with Crippen LogP contribution in [-0.2, 0) is 4.79 Å². The summed E-state index contributed by atoms with van der Waals surface area (Å²) >= 11 is 1.65. The Bertz CT molecular complexity index is 1550. The predicted octanol–water partition coefficient (Wildman–Crippen LogP) is 5.60. The quantitative estimate of drug-likeness (QED) is 0.339. The number of rotatable bonds is 4. The van der Waals surface area contributed by atoms with Crippen LogP contribution < -0.4 is 5.32 Å². The Balaban J connectivity index is 1.57. The first-order valence-corrected chi connectivity index (χ1v) is 12.6. The molecule has 4 aromatic rings. The van der Waals surface area contributed by atoms with Crippen molar-refractivity contribution in [3.05, 3.63) is 105 Å². The zero-order valence-corrected chi connectivity index (χ0v) is 20.2. The van der Waals surface area contributed by atoms with Crippen molar-refractivity contribution in [2.45, 2.75) is 31.6 Å². The zero-order valence-electron chi connectivity index (χ0n) is 19.4. The molecule has 36 heavy (non-hydrogen) atoms. The Hall–Kier alpha value is -4.17. The molecule has 0 amide bonds. The standard InChI is InChI=1S/C28H23N3O4S/c1-15-24-25(16-6-4-7-18(32)12-16)26-20(13-17(14-22(26)33)23-10-5-11-36-23)29-27(24)31(30-15)21-9-3-2-8-19(21)28(34)35/h2-12,17,25,29,32H,13-14H2,1H3,(H,34,35). The number of phenols is 1. The average molecular weight is 498 g/mol. The molecule has 0 radical (unpaired) electrons. The topological polar surface area (TPSA) is 104 Å². The van der Waals surface area contributed by atoms with Gasteiger partial charge in [0.2, 0.25) is 0 Å². The molecule has 3 N–H and O–H groups in total. The Morgan fingerprint density at radius 3 is 2.69 bits per heavy atom. The second-order valence-electron chi connectivity index (χ2n) is 9.17. The first-order valence-electron chi connectivity index (χ1n) is 11.7. The van der Waals surface area contributed by atoms with Crippen LogP contribution in [0.3, 0.4) is 0 Å². The fourth-order valence-electron chi connectivity index (χ4n) is 5.45. The van der Waals surface area contributed by atoms with Gasteiger partial charge in [-0.15, -0.1) is 11.3 Å². The van der Waals surface area contributed by atoms with Gasteiger partial charge in [-0.05, 0) is 54.6 Å². The number of benzene rings is 2. The van der Waals surface area contributed by atoms with Crippen LogP contribution in [0.2, 0.25) is 0 Å². The normalized spacial score (nSPS) is 19.0. The molecule has 1 aliphatic heterocycles. The molecule has 2 unspecified atom stereocenters. The number of hydrogen-bond acceptors (Lipinski definition) is 6. The summed E-state index contributed by atoms with van der Waals surface area (Å²) < 4.78 is 1.63. The van der Waals surface area contributed by atoms with Crippen LogP contribution in [-0.4, -0.2) is 31.7 Å². The van der Waals surface area contributed by atoms with E-state index in [0.29, 0.717) is 35.6 Å². The Morgan fingerprint density at radius 2 is 1.94 bits per heavy atom. The molecule has 0 saturated heterocycles. The minimum Gasteiger partial charge on any atom is -0.508 e. The van der Waals surface area contributed by atoms with E-state index in [4.69, 9.17) is 5.10 Å². The van der Waals surface area contributed by atoms with Gasteiger partial charge in [0.15, 0.2) is 5.78 Å². The van der Waals surface area contributed by atoms with Crippen molar-refractivity contribution in [3.63, 3.8) is 0 Å². The number of nitrogens with zero attached hydrogens (tertiary/aromatic N) is 2. The summed E-state index contributed by atoms with van der Waals surface area (Å²) in [6, 6.07) is 17.8. The number of fused-ring (bicyclic) bond motifs is 1. The van der Waals surface area contributed by atoms with Crippen LogP contribution in [0.15, 0.2) is 77.3 Å². The van der Waals surface area contributed by atoms with Gasteiger partial charge >= 0.3 is 5.97 Å². The second-order valence-corrected chi connectivity index (χ2v) is 10.2. The molecular formula is C28H23N3O4S. The number of phenolic OH excluding ortho intramolecular Hbond substituents is 1. The van der Waals surface area contributed by atoms with Gasteiger partial charge in [-0.1, -0.05) is 30.3 Å². The van der Waals surface area contributed by atoms with E-state index < -0.39 is 11.9 Å². The van der Waals surface area contributed by atoms with Crippen molar-refractivity contribution in [1.82, 2.24) is 9.78 Å². The largest absolute Gasteiger partial charge is 0.508 e. The number of carbonyl (C=O) groups is 2. The summed E-state index contributed by atoms with van der Waals surface area (Å²) in [7, 11) is 0. The number of aromatic nitrogens is 2. The number of carboxylic acid groups (broad SMARTS) is 1. The molecule has 0 spiro atoms. The minimum absolute atomic E-state index is 0.0684. The van der Waals surface area contributed by atoms with E-state index in [1.165, 1.54) is 0 Å². The van der Waals surface area contributed by atoms with Gasteiger partial charge in [0.25, 0.3) is 0 Å². The first kappa shape index (κ1) is 22.3. The highest BCUT2D eigenvalue weighted by molar-refractivity contribution is 7.10. The molecule has 6 rings (SSSR count). The summed E-state index contributed by atoms with van der Waals surface area (Å²) in [4.78, 5) is 26.8. The number of carbonyl (C=O) groups excluding carboxylic acids is 1. The van der Waals surface area contributed by atoms with Gasteiger partial charge in [-0.3, -0.25) is 4.79 Å². The molecule has 180 valence electrons. The molecule has 0 bridgehead atoms. The zero-order chi connectivity index (χ0) is 25.0. The van der Waals surface area contributed by atoms with E-state index in [0.717, 1.165) is 21.7 Å². The molecule has 1 aliphatic carbocycles. The summed E-state index contributed by atoms with van der Waals surface area (Å²) in [6.45, 7) is 1.86. The van der Waals surface area contributed by atoms with Crippen LogP contribution in [0.25, 0.3) is 5.69 Å². The lowest BCUT2D eigenvalue weighted by molar-refractivity contribution is -0.116. The monoisotopic (exact) mass is 497 g/mol. The van der Waals surface area contributed by atoms with Gasteiger partial charge in [0.1, 0.15) is 11.6 Å². The van der Waals surface area contributed by atoms with Crippen LogP contribution in [0, 0.1) is 6.92 Å². The van der Waals surface area contributed by atoms with Gasteiger partial charge in [0.05, 0.1) is 16.9 Å². The third-order valence-electron chi connectivity index (χ3n) is 6.97. The van der Waals surface area contributed by atoms with E-state index in [1.54, 1.807) is 58.5 Å². The lowest BCUT2D eigenvalue weighted by Crippen LogP contribution is -2.30. The van der Waals surface area contributed by atoms with Crippen molar-refractivity contribution >= 4 is 28.9 Å². The molecule has 0 fully saturated rings. The molecule has 7 nitrogen and oxygen atoms in total. The second kappa shape index (κ2) is 8.49. The maximum absolute atomic E-state index is 13.7. The van der Waals surface area contributed by atoms with Crippen molar-refractivity contribution < 1.29 is 19.8 Å². The highest BCUT2D eigenvalue weighted by Gasteiger charge is 2.41. The van der Waals surface area contributed by atoms with E-state index in [2.05, 4.69) is 11.4 Å². The summed E-state index contributed by atoms with van der Waals surface area (Å²) in [5.41, 5.74) is 4.37. The van der Waals surface area contributed by atoms with Gasteiger partial charge in [0, 0.05) is 40.0 Å². The lowest BCUT2D eigenvalue weighted by atomic mass is 9.73. The van der Waals surface area contributed by atoms with E-state index >= 15 is 0 Å².